The Balaban J connectivity index is 2.44. The summed E-state index contributed by atoms with van der Waals surface area (Å²) in [6, 6.07) is 5.36. The number of carboxylic acid groups (broad SMARTS) is 1. The van der Waals surface area contributed by atoms with Crippen LogP contribution in [0.3, 0.4) is 0 Å². The van der Waals surface area contributed by atoms with E-state index in [4.69, 9.17) is 10.8 Å². The van der Waals surface area contributed by atoms with E-state index >= 15 is 0 Å². The first kappa shape index (κ1) is 15.6. The standard InChI is InChI=1S/C14H21FN2O2/c1-9(2)13(14(18)19)17-8-12(16)7-10-3-5-11(15)6-4-10/h3-6,9,12-13,17H,7-8,16H2,1-2H3,(H,18,19). The van der Waals surface area contributed by atoms with Crippen molar-refractivity contribution in [1.29, 1.82) is 0 Å². The highest BCUT2D eigenvalue weighted by molar-refractivity contribution is 5.73. The minimum absolute atomic E-state index is 0.00415. The molecule has 2 atom stereocenters. The minimum atomic E-state index is -0.871. The molecule has 2 unspecified atom stereocenters. The normalized spacial score (nSPS) is 14.4. The highest BCUT2D eigenvalue weighted by atomic mass is 19.1. The summed E-state index contributed by atoms with van der Waals surface area (Å²) in [5.74, 6) is -1.15. The molecule has 0 aliphatic heterocycles. The number of benzene rings is 1. The fraction of sp³-hybridized carbons (Fsp3) is 0.500. The van der Waals surface area contributed by atoms with Crippen LogP contribution in [-0.4, -0.2) is 29.7 Å². The predicted molar refractivity (Wildman–Crippen MR) is 72.3 cm³/mol. The molecule has 0 spiro atoms. The van der Waals surface area contributed by atoms with Crippen LogP contribution in [0.5, 0.6) is 0 Å². The largest absolute Gasteiger partial charge is 0.480 e. The maximum absolute atomic E-state index is 12.7. The van der Waals surface area contributed by atoms with Crippen LogP contribution in [-0.2, 0) is 11.2 Å². The van der Waals surface area contributed by atoms with Gasteiger partial charge in [-0.3, -0.25) is 4.79 Å². The Bertz CT molecular complexity index is 406. The van der Waals surface area contributed by atoms with Crippen molar-refractivity contribution in [3.63, 3.8) is 0 Å². The maximum atomic E-state index is 12.7. The SMILES string of the molecule is CC(C)C(NCC(N)Cc1ccc(F)cc1)C(=O)O. The molecule has 0 saturated carbocycles. The number of halogens is 1. The first-order chi connectivity index (χ1) is 8.90. The molecule has 5 heteroatoms. The van der Waals surface area contributed by atoms with Gasteiger partial charge in [0, 0.05) is 12.6 Å². The van der Waals surface area contributed by atoms with E-state index in [9.17, 15) is 9.18 Å². The third-order valence-corrected chi connectivity index (χ3v) is 2.94. The second kappa shape index (κ2) is 7.21. The van der Waals surface area contributed by atoms with Gasteiger partial charge in [-0.1, -0.05) is 26.0 Å². The average Bonchev–Trinajstić information content (AvgIpc) is 2.31. The molecule has 0 aliphatic carbocycles. The quantitative estimate of drug-likeness (QED) is 0.698. The van der Waals surface area contributed by atoms with Gasteiger partial charge >= 0.3 is 5.97 Å². The molecule has 0 amide bonds. The molecule has 0 saturated heterocycles. The zero-order chi connectivity index (χ0) is 14.4. The van der Waals surface area contributed by atoms with Crippen LogP contribution < -0.4 is 11.1 Å². The van der Waals surface area contributed by atoms with Crippen LogP contribution in [0.25, 0.3) is 0 Å². The van der Waals surface area contributed by atoms with Crippen molar-refractivity contribution in [1.82, 2.24) is 5.32 Å². The lowest BCUT2D eigenvalue weighted by atomic mass is 10.0. The molecular formula is C14H21FN2O2. The lowest BCUT2D eigenvalue weighted by Gasteiger charge is -2.20. The van der Waals surface area contributed by atoms with E-state index in [2.05, 4.69) is 5.32 Å². The Hall–Kier alpha value is -1.46. The highest BCUT2D eigenvalue weighted by Crippen LogP contribution is 2.06. The van der Waals surface area contributed by atoms with Crippen LogP contribution in [0.15, 0.2) is 24.3 Å². The van der Waals surface area contributed by atoms with Crippen molar-refractivity contribution in [2.24, 2.45) is 11.7 Å². The van der Waals surface area contributed by atoms with Crippen LogP contribution >= 0.6 is 0 Å². The van der Waals surface area contributed by atoms with Crippen molar-refractivity contribution in [2.45, 2.75) is 32.4 Å². The van der Waals surface area contributed by atoms with E-state index in [-0.39, 0.29) is 17.8 Å². The molecule has 0 radical (unpaired) electrons. The zero-order valence-electron chi connectivity index (χ0n) is 11.3. The summed E-state index contributed by atoms with van der Waals surface area (Å²) in [5.41, 5.74) is 6.88. The number of nitrogens with two attached hydrogens (primary N) is 1. The van der Waals surface area contributed by atoms with Crippen LogP contribution in [0.1, 0.15) is 19.4 Å². The Kier molecular flexibility index (Phi) is 5.92. The zero-order valence-corrected chi connectivity index (χ0v) is 11.3. The van der Waals surface area contributed by atoms with Gasteiger partial charge in [-0.2, -0.15) is 0 Å². The van der Waals surface area contributed by atoms with Gasteiger partial charge in [-0.25, -0.2) is 4.39 Å². The number of hydrogen-bond donors (Lipinski definition) is 3. The first-order valence-corrected chi connectivity index (χ1v) is 6.36. The summed E-state index contributed by atoms with van der Waals surface area (Å²) in [7, 11) is 0. The molecule has 0 aliphatic rings. The van der Waals surface area contributed by atoms with Gasteiger partial charge in [-0.05, 0) is 30.0 Å². The van der Waals surface area contributed by atoms with Crippen molar-refractivity contribution in [3.8, 4) is 0 Å². The third-order valence-electron chi connectivity index (χ3n) is 2.94. The molecule has 4 N–H and O–H groups in total. The fourth-order valence-electron chi connectivity index (χ4n) is 1.88. The van der Waals surface area contributed by atoms with Gasteiger partial charge in [0.1, 0.15) is 11.9 Å². The van der Waals surface area contributed by atoms with E-state index in [0.29, 0.717) is 13.0 Å². The predicted octanol–water partition coefficient (Wildman–Crippen LogP) is 1.39. The first-order valence-electron chi connectivity index (χ1n) is 6.36. The molecule has 0 aromatic heterocycles. The number of rotatable bonds is 7. The minimum Gasteiger partial charge on any atom is -0.480 e. The smallest absolute Gasteiger partial charge is 0.320 e. The molecule has 1 aromatic rings. The summed E-state index contributed by atoms with van der Waals surface area (Å²) in [6.45, 7) is 4.10. The van der Waals surface area contributed by atoms with Crippen molar-refractivity contribution < 1.29 is 14.3 Å². The molecule has 4 nitrogen and oxygen atoms in total. The van der Waals surface area contributed by atoms with E-state index in [1.807, 2.05) is 13.8 Å². The van der Waals surface area contributed by atoms with E-state index in [1.54, 1.807) is 12.1 Å². The van der Waals surface area contributed by atoms with Crippen LogP contribution in [0, 0.1) is 11.7 Å². The molecule has 19 heavy (non-hydrogen) atoms. The second-order valence-electron chi connectivity index (χ2n) is 5.06. The molecular weight excluding hydrogens is 247 g/mol. The second-order valence-corrected chi connectivity index (χ2v) is 5.06. The number of carboxylic acids is 1. The van der Waals surface area contributed by atoms with Gasteiger partial charge in [0.15, 0.2) is 0 Å². The molecule has 0 bridgehead atoms. The monoisotopic (exact) mass is 268 g/mol. The fourth-order valence-corrected chi connectivity index (χ4v) is 1.88. The topological polar surface area (TPSA) is 75.3 Å². The Morgan fingerprint density at radius 1 is 1.37 bits per heavy atom. The molecule has 106 valence electrons. The van der Waals surface area contributed by atoms with Gasteiger partial charge in [0.25, 0.3) is 0 Å². The van der Waals surface area contributed by atoms with Gasteiger partial charge < -0.3 is 16.2 Å². The van der Waals surface area contributed by atoms with Crippen LogP contribution in [0.2, 0.25) is 0 Å². The third kappa shape index (κ3) is 5.36. The highest BCUT2D eigenvalue weighted by Gasteiger charge is 2.21. The van der Waals surface area contributed by atoms with E-state index < -0.39 is 12.0 Å². The lowest BCUT2D eigenvalue weighted by molar-refractivity contribution is -0.140. The van der Waals surface area contributed by atoms with Crippen molar-refractivity contribution >= 4 is 5.97 Å². The Labute approximate surface area is 112 Å². The van der Waals surface area contributed by atoms with Gasteiger partial charge in [-0.15, -0.1) is 0 Å². The molecule has 0 heterocycles. The van der Waals surface area contributed by atoms with E-state index in [0.717, 1.165) is 5.56 Å². The summed E-state index contributed by atoms with van der Waals surface area (Å²) >= 11 is 0. The Morgan fingerprint density at radius 3 is 2.42 bits per heavy atom. The number of aliphatic carboxylic acids is 1. The number of hydrogen-bond acceptors (Lipinski definition) is 3. The number of carbonyl (C=O) groups is 1. The summed E-state index contributed by atoms with van der Waals surface area (Å²) in [4.78, 5) is 11.0. The van der Waals surface area contributed by atoms with E-state index in [1.165, 1.54) is 12.1 Å². The van der Waals surface area contributed by atoms with Gasteiger partial charge in [0.2, 0.25) is 0 Å². The average molecular weight is 268 g/mol. The summed E-state index contributed by atoms with van der Waals surface area (Å²) in [5, 5.41) is 12.0. The molecule has 1 rings (SSSR count). The maximum Gasteiger partial charge on any atom is 0.320 e. The lowest BCUT2D eigenvalue weighted by Crippen LogP contribution is -2.46. The van der Waals surface area contributed by atoms with Crippen molar-refractivity contribution in [2.75, 3.05) is 6.54 Å². The number of nitrogens with one attached hydrogen (secondary N) is 1. The van der Waals surface area contributed by atoms with Crippen molar-refractivity contribution in [3.05, 3.63) is 35.6 Å². The summed E-state index contributed by atoms with van der Waals surface area (Å²) in [6.07, 6.45) is 0.581. The van der Waals surface area contributed by atoms with Crippen LogP contribution in [0.4, 0.5) is 4.39 Å². The molecule has 1 aromatic carbocycles. The van der Waals surface area contributed by atoms with Gasteiger partial charge in [0.05, 0.1) is 0 Å². The molecule has 0 fully saturated rings. The summed E-state index contributed by atoms with van der Waals surface area (Å²) < 4.78 is 12.7. The Morgan fingerprint density at radius 2 is 1.95 bits per heavy atom.